The lowest BCUT2D eigenvalue weighted by Crippen LogP contribution is -2.40. The minimum Gasteiger partial charge on any atom is -0.495 e. The average molecular weight is 272 g/mol. The van der Waals surface area contributed by atoms with Gasteiger partial charge in [-0.15, -0.1) is 0 Å². The molecule has 0 amide bonds. The van der Waals surface area contributed by atoms with E-state index in [0.29, 0.717) is 12.2 Å². The predicted octanol–water partition coefficient (Wildman–Crippen LogP) is 1.10. The van der Waals surface area contributed by atoms with E-state index in [1.807, 2.05) is 6.92 Å². The molecular formula is C12H20N2O3S. The number of nitrogens with one attached hydrogen (secondary N) is 1. The molecule has 18 heavy (non-hydrogen) atoms. The molecule has 0 spiro atoms. The number of benzene rings is 1. The van der Waals surface area contributed by atoms with Crippen LogP contribution in [0.2, 0.25) is 0 Å². The van der Waals surface area contributed by atoms with Crippen molar-refractivity contribution in [2.45, 2.75) is 30.7 Å². The Balaban J connectivity index is 2.98. The largest absolute Gasteiger partial charge is 0.495 e. The van der Waals surface area contributed by atoms with Crippen LogP contribution in [0.3, 0.4) is 0 Å². The lowest BCUT2D eigenvalue weighted by Gasteiger charge is -2.17. The molecule has 0 aliphatic carbocycles. The number of nitrogens with two attached hydrogens (primary N) is 1. The normalized spacial score (nSPS) is 13.3. The van der Waals surface area contributed by atoms with Gasteiger partial charge in [-0.25, -0.2) is 13.1 Å². The van der Waals surface area contributed by atoms with Crippen LogP contribution < -0.4 is 15.2 Å². The number of para-hydroxylation sites is 1. The minimum atomic E-state index is -3.59. The molecule has 102 valence electrons. The fourth-order valence-corrected chi connectivity index (χ4v) is 3.15. The van der Waals surface area contributed by atoms with Gasteiger partial charge in [-0.2, -0.15) is 0 Å². The Morgan fingerprint density at radius 1 is 1.39 bits per heavy atom. The van der Waals surface area contributed by atoms with Gasteiger partial charge in [-0.3, -0.25) is 0 Å². The molecule has 0 aliphatic heterocycles. The monoisotopic (exact) mass is 272 g/mol. The van der Waals surface area contributed by atoms with Gasteiger partial charge >= 0.3 is 0 Å². The van der Waals surface area contributed by atoms with Crippen molar-refractivity contribution in [1.82, 2.24) is 4.72 Å². The summed E-state index contributed by atoms with van der Waals surface area (Å²) < 4.78 is 32.1. The van der Waals surface area contributed by atoms with E-state index in [1.54, 1.807) is 18.2 Å². The Hall–Kier alpha value is -1.11. The molecule has 6 heteroatoms. The van der Waals surface area contributed by atoms with Crippen LogP contribution in [0, 0.1) is 0 Å². The fourth-order valence-electron chi connectivity index (χ4n) is 1.70. The molecule has 1 unspecified atom stereocenters. The first-order valence-electron chi connectivity index (χ1n) is 5.90. The summed E-state index contributed by atoms with van der Waals surface area (Å²) in [6, 6.07) is 6.27. The Kier molecular flexibility index (Phi) is 5.58. The third-order valence-corrected chi connectivity index (χ3v) is 4.16. The first-order chi connectivity index (χ1) is 8.55. The number of hydrogen-bond acceptors (Lipinski definition) is 4. The zero-order valence-corrected chi connectivity index (χ0v) is 11.5. The molecule has 0 aliphatic rings. The van der Waals surface area contributed by atoms with E-state index in [1.165, 1.54) is 13.2 Å². The Morgan fingerprint density at radius 3 is 2.61 bits per heavy atom. The molecule has 0 heterocycles. The molecule has 0 aromatic heterocycles. The molecular weight excluding hydrogens is 252 g/mol. The third kappa shape index (κ3) is 3.69. The van der Waals surface area contributed by atoms with Crippen LogP contribution >= 0.6 is 0 Å². The van der Waals surface area contributed by atoms with Crippen molar-refractivity contribution in [2.75, 3.05) is 13.7 Å². The number of rotatable bonds is 7. The minimum absolute atomic E-state index is 0.141. The molecule has 3 N–H and O–H groups in total. The smallest absolute Gasteiger partial charge is 0.244 e. The molecule has 0 saturated carbocycles. The first kappa shape index (κ1) is 14.9. The lowest BCUT2D eigenvalue weighted by atomic mass is 10.2. The Labute approximate surface area is 108 Å². The zero-order chi connectivity index (χ0) is 13.6. The maximum absolute atomic E-state index is 12.2. The quantitative estimate of drug-likeness (QED) is 0.779. The van der Waals surface area contributed by atoms with E-state index in [-0.39, 0.29) is 17.5 Å². The maximum atomic E-state index is 12.2. The predicted molar refractivity (Wildman–Crippen MR) is 71.1 cm³/mol. The second kappa shape index (κ2) is 6.72. The zero-order valence-electron chi connectivity index (χ0n) is 10.7. The highest BCUT2D eigenvalue weighted by Gasteiger charge is 2.22. The summed E-state index contributed by atoms with van der Waals surface area (Å²) in [4.78, 5) is 0.141. The topological polar surface area (TPSA) is 81.4 Å². The fraction of sp³-hybridized carbons (Fsp3) is 0.500. The summed E-state index contributed by atoms with van der Waals surface area (Å²) in [6.07, 6.45) is 1.58. The van der Waals surface area contributed by atoms with E-state index in [0.717, 1.165) is 6.42 Å². The summed E-state index contributed by atoms with van der Waals surface area (Å²) in [7, 11) is -2.15. The van der Waals surface area contributed by atoms with Gasteiger partial charge in [0.2, 0.25) is 10.0 Å². The van der Waals surface area contributed by atoms with Gasteiger partial charge in [-0.05, 0) is 18.6 Å². The van der Waals surface area contributed by atoms with Crippen molar-refractivity contribution < 1.29 is 13.2 Å². The van der Waals surface area contributed by atoms with E-state index in [9.17, 15) is 8.42 Å². The molecule has 0 radical (unpaired) electrons. The summed E-state index contributed by atoms with van der Waals surface area (Å²) in [5, 5.41) is 0. The second-order valence-corrected chi connectivity index (χ2v) is 5.68. The molecule has 5 nitrogen and oxygen atoms in total. The molecule has 1 atom stereocenters. The van der Waals surface area contributed by atoms with Crippen molar-refractivity contribution in [3.05, 3.63) is 24.3 Å². The van der Waals surface area contributed by atoms with Crippen LogP contribution in [0.25, 0.3) is 0 Å². The van der Waals surface area contributed by atoms with Gasteiger partial charge < -0.3 is 10.5 Å². The van der Waals surface area contributed by atoms with Crippen LogP contribution in [0.5, 0.6) is 5.75 Å². The van der Waals surface area contributed by atoms with Gasteiger partial charge in [0.1, 0.15) is 10.6 Å². The number of methoxy groups -OCH3 is 1. The van der Waals surface area contributed by atoms with Gasteiger partial charge in [0.05, 0.1) is 7.11 Å². The van der Waals surface area contributed by atoms with Crippen LogP contribution in [-0.2, 0) is 10.0 Å². The standard InChI is InChI=1S/C12H20N2O3S/c1-3-6-10(9-13)14-18(15,16)12-8-5-4-7-11(12)17-2/h4-5,7-8,10,14H,3,6,9,13H2,1-2H3. The molecule has 0 saturated heterocycles. The second-order valence-electron chi connectivity index (χ2n) is 3.99. The molecule has 1 aromatic carbocycles. The molecule has 0 bridgehead atoms. The number of hydrogen-bond donors (Lipinski definition) is 2. The van der Waals surface area contributed by atoms with E-state index in [4.69, 9.17) is 10.5 Å². The average Bonchev–Trinajstić information content (AvgIpc) is 2.38. The highest BCUT2D eigenvalue weighted by atomic mass is 32.2. The van der Waals surface area contributed by atoms with Crippen molar-refractivity contribution in [1.29, 1.82) is 0 Å². The van der Waals surface area contributed by atoms with Crippen molar-refractivity contribution >= 4 is 10.0 Å². The Morgan fingerprint density at radius 2 is 2.06 bits per heavy atom. The van der Waals surface area contributed by atoms with Gasteiger partial charge in [0.25, 0.3) is 0 Å². The number of ether oxygens (including phenoxy) is 1. The number of sulfonamides is 1. The van der Waals surface area contributed by atoms with Crippen LogP contribution in [0.15, 0.2) is 29.2 Å². The van der Waals surface area contributed by atoms with E-state index >= 15 is 0 Å². The van der Waals surface area contributed by atoms with Gasteiger partial charge in [0.15, 0.2) is 0 Å². The lowest BCUT2D eigenvalue weighted by molar-refractivity contribution is 0.402. The van der Waals surface area contributed by atoms with Crippen LogP contribution in [0.4, 0.5) is 0 Å². The van der Waals surface area contributed by atoms with Crippen molar-refractivity contribution in [3.63, 3.8) is 0 Å². The van der Waals surface area contributed by atoms with Crippen LogP contribution in [-0.4, -0.2) is 28.1 Å². The van der Waals surface area contributed by atoms with Gasteiger partial charge in [-0.1, -0.05) is 25.5 Å². The molecule has 1 rings (SSSR count). The third-order valence-electron chi connectivity index (χ3n) is 2.60. The summed E-state index contributed by atoms with van der Waals surface area (Å²) in [5.74, 6) is 0.331. The maximum Gasteiger partial charge on any atom is 0.244 e. The van der Waals surface area contributed by atoms with Gasteiger partial charge in [0, 0.05) is 12.6 Å². The SMILES string of the molecule is CCCC(CN)NS(=O)(=O)c1ccccc1OC. The van der Waals surface area contributed by atoms with Crippen molar-refractivity contribution in [3.8, 4) is 5.75 Å². The summed E-state index contributed by atoms with van der Waals surface area (Å²) in [6.45, 7) is 2.27. The van der Waals surface area contributed by atoms with Crippen LogP contribution in [0.1, 0.15) is 19.8 Å². The highest BCUT2D eigenvalue weighted by molar-refractivity contribution is 7.89. The van der Waals surface area contributed by atoms with E-state index < -0.39 is 10.0 Å². The molecule has 1 aromatic rings. The highest BCUT2D eigenvalue weighted by Crippen LogP contribution is 2.22. The summed E-state index contributed by atoms with van der Waals surface area (Å²) in [5.41, 5.74) is 5.56. The van der Waals surface area contributed by atoms with Crippen molar-refractivity contribution in [2.24, 2.45) is 5.73 Å². The Bertz CT molecular complexity index is 474. The summed E-state index contributed by atoms with van der Waals surface area (Å²) >= 11 is 0. The first-order valence-corrected chi connectivity index (χ1v) is 7.38. The molecule has 0 fully saturated rings. The van der Waals surface area contributed by atoms with E-state index in [2.05, 4.69) is 4.72 Å².